The lowest BCUT2D eigenvalue weighted by molar-refractivity contribution is -0.138. The number of sulfonamides is 1. The van der Waals surface area contributed by atoms with Gasteiger partial charge in [0.2, 0.25) is 10.0 Å². The molecule has 1 unspecified atom stereocenters. The lowest BCUT2D eigenvalue weighted by atomic mass is 10.00. The molecular formula is C30H33F3N4O3S. The fraction of sp³-hybridized carbons (Fsp3) is 0.400. The average molecular weight is 587 g/mol. The molecule has 1 aliphatic heterocycles. The molecule has 1 aromatic heterocycles. The van der Waals surface area contributed by atoms with Crippen molar-refractivity contribution in [3.05, 3.63) is 94.8 Å². The number of halogens is 3. The van der Waals surface area contributed by atoms with Crippen molar-refractivity contribution in [2.75, 3.05) is 32.1 Å². The molecule has 11 heteroatoms. The van der Waals surface area contributed by atoms with Gasteiger partial charge in [-0.3, -0.25) is 9.78 Å². The molecule has 2 heterocycles. The number of piperidine rings is 1. The van der Waals surface area contributed by atoms with E-state index in [-0.39, 0.29) is 17.5 Å². The first-order valence-electron chi connectivity index (χ1n) is 13.6. The van der Waals surface area contributed by atoms with E-state index in [4.69, 9.17) is 0 Å². The van der Waals surface area contributed by atoms with Crippen LogP contribution in [0.25, 0.3) is 0 Å². The van der Waals surface area contributed by atoms with Gasteiger partial charge in [0.1, 0.15) is 0 Å². The van der Waals surface area contributed by atoms with Gasteiger partial charge in [0.15, 0.2) is 0 Å². The third-order valence-electron chi connectivity index (χ3n) is 8.34. The number of fused-ring (bicyclic) bond motifs is 1. The summed E-state index contributed by atoms with van der Waals surface area (Å²) in [7, 11) is -0.882. The Balaban J connectivity index is 1.29. The minimum absolute atomic E-state index is 0.0707. The van der Waals surface area contributed by atoms with E-state index in [1.54, 1.807) is 36.5 Å². The first kappa shape index (κ1) is 29.1. The number of aryl methyl sites for hydroxylation is 1. The SMILES string of the molecule is CN(C(=O)c1ccc2c(c1)C(N(C)S(=O)(=O)Cc1ccccc1C(F)(F)F)CC2)C1CCN(c2ccncc2)CC1. The van der Waals surface area contributed by atoms with Gasteiger partial charge in [-0.05, 0) is 72.7 Å². The molecule has 1 aliphatic carbocycles. The monoisotopic (exact) mass is 586 g/mol. The number of amides is 1. The van der Waals surface area contributed by atoms with Gasteiger partial charge in [-0.1, -0.05) is 24.3 Å². The van der Waals surface area contributed by atoms with E-state index in [0.717, 1.165) is 48.8 Å². The number of anilines is 1. The number of nitrogens with zero attached hydrogens (tertiary/aromatic N) is 4. The number of alkyl halides is 3. The van der Waals surface area contributed by atoms with Gasteiger partial charge >= 0.3 is 6.18 Å². The van der Waals surface area contributed by atoms with Gasteiger partial charge in [0, 0.05) is 62.9 Å². The van der Waals surface area contributed by atoms with Crippen LogP contribution in [0.5, 0.6) is 0 Å². The van der Waals surface area contributed by atoms with E-state index in [0.29, 0.717) is 18.4 Å². The Bertz CT molecular complexity index is 1510. The Morgan fingerprint density at radius 2 is 1.68 bits per heavy atom. The maximum atomic E-state index is 13.5. The van der Waals surface area contributed by atoms with Crippen LogP contribution in [-0.4, -0.2) is 61.7 Å². The fourth-order valence-corrected chi connectivity index (χ4v) is 7.40. The Kier molecular flexibility index (Phi) is 8.11. The molecular weight excluding hydrogens is 553 g/mol. The first-order chi connectivity index (χ1) is 19.5. The largest absolute Gasteiger partial charge is 0.416 e. The highest BCUT2D eigenvalue weighted by atomic mass is 32.2. The van der Waals surface area contributed by atoms with E-state index in [9.17, 15) is 26.4 Å². The fourth-order valence-electron chi connectivity index (χ4n) is 5.94. The molecule has 0 N–H and O–H groups in total. The second kappa shape index (κ2) is 11.4. The number of pyridine rings is 1. The summed E-state index contributed by atoms with van der Waals surface area (Å²) >= 11 is 0. The number of benzene rings is 2. The predicted molar refractivity (Wildman–Crippen MR) is 151 cm³/mol. The molecule has 1 fully saturated rings. The van der Waals surface area contributed by atoms with Crippen molar-refractivity contribution in [1.29, 1.82) is 0 Å². The molecule has 218 valence electrons. The van der Waals surface area contributed by atoms with Crippen molar-refractivity contribution in [2.24, 2.45) is 0 Å². The molecule has 0 radical (unpaired) electrons. The van der Waals surface area contributed by atoms with Gasteiger partial charge in [-0.2, -0.15) is 17.5 Å². The second-order valence-electron chi connectivity index (χ2n) is 10.7. The number of hydrogen-bond donors (Lipinski definition) is 0. The summed E-state index contributed by atoms with van der Waals surface area (Å²) in [4.78, 5) is 21.6. The smallest absolute Gasteiger partial charge is 0.371 e. The number of rotatable bonds is 7. The number of hydrogen-bond acceptors (Lipinski definition) is 5. The van der Waals surface area contributed by atoms with Gasteiger partial charge < -0.3 is 9.80 Å². The maximum absolute atomic E-state index is 13.5. The summed E-state index contributed by atoms with van der Waals surface area (Å²) < 4.78 is 68.3. The Hall–Kier alpha value is -3.44. The lowest BCUT2D eigenvalue weighted by Crippen LogP contribution is -2.45. The van der Waals surface area contributed by atoms with Crippen molar-refractivity contribution in [2.45, 2.75) is 49.7 Å². The Labute approximate surface area is 238 Å². The normalized spacial score (nSPS) is 18.0. The van der Waals surface area contributed by atoms with Gasteiger partial charge in [0.25, 0.3) is 5.91 Å². The van der Waals surface area contributed by atoms with Gasteiger partial charge in [-0.15, -0.1) is 0 Å². The molecule has 3 aromatic rings. The Morgan fingerprint density at radius 1 is 1.00 bits per heavy atom. The number of carbonyl (C=O) groups is 1. The van der Waals surface area contributed by atoms with Crippen molar-refractivity contribution < 1.29 is 26.4 Å². The summed E-state index contributed by atoms with van der Waals surface area (Å²) in [5, 5.41) is 0. The summed E-state index contributed by atoms with van der Waals surface area (Å²) in [5.74, 6) is -0.893. The highest BCUT2D eigenvalue weighted by molar-refractivity contribution is 7.88. The molecule has 0 spiro atoms. The molecule has 5 rings (SSSR count). The van der Waals surface area contributed by atoms with E-state index in [1.807, 2.05) is 18.2 Å². The summed E-state index contributed by atoms with van der Waals surface area (Å²) in [6.45, 7) is 1.64. The molecule has 41 heavy (non-hydrogen) atoms. The van der Waals surface area contributed by atoms with Crippen molar-refractivity contribution in [3.63, 3.8) is 0 Å². The van der Waals surface area contributed by atoms with Crippen molar-refractivity contribution in [1.82, 2.24) is 14.2 Å². The molecule has 1 atom stereocenters. The van der Waals surface area contributed by atoms with Gasteiger partial charge in [-0.25, -0.2) is 8.42 Å². The van der Waals surface area contributed by atoms with Crippen LogP contribution in [0.3, 0.4) is 0 Å². The highest BCUT2D eigenvalue weighted by Gasteiger charge is 2.37. The lowest BCUT2D eigenvalue weighted by Gasteiger charge is -2.38. The quantitative estimate of drug-likeness (QED) is 0.376. The minimum atomic E-state index is -4.65. The van der Waals surface area contributed by atoms with Crippen LogP contribution in [0.2, 0.25) is 0 Å². The third kappa shape index (κ3) is 6.11. The van der Waals surface area contributed by atoms with Crippen LogP contribution in [-0.2, 0) is 28.4 Å². The molecule has 2 aromatic carbocycles. The number of aromatic nitrogens is 1. The van der Waals surface area contributed by atoms with Crippen molar-refractivity contribution in [3.8, 4) is 0 Å². The van der Waals surface area contributed by atoms with Gasteiger partial charge in [0.05, 0.1) is 11.3 Å². The Morgan fingerprint density at radius 3 is 2.37 bits per heavy atom. The average Bonchev–Trinajstić information content (AvgIpc) is 3.39. The molecule has 0 saturated carbocycles. The van der Waals surface area contributed by atoms with Crippen LogP contribution in [0, 0.1) is 0 Å². The molecule has 7 nitrogen and oxygen atoms in total. The molecule has 0 bridgehead atoms. The van der Waals surface area contributed by atoms with Crippen LogP contribution < -0.4 is 4.90 Å². The summed E-state index contributed by atoms with van der Waals surface area (Å²) in [6.07, 6.45) is 1.63. The van der Waals surface area contributed by atoms with E-state index >= 15 is 0 Å². The van der Waals surface area contributed by atoms with E-state index < -0.39 is 33.6 Å². The minimum Gasteiger partial charge on any atom is -0.371 e. The number of carbonyl (C=O) groups excluding carboxylic acids is 1. The molecule has 2 aliphatic rings. The molecule has 1 amide bonds. The van der Waals surface area contributed by atoms with E-state index in [1.165, 1.54) is 29.6 Å². The van der Waals surface area contributed by atoms with E-state index in [2.05, 4.69) is 9.88 Å². The topological polar surface area (TPSA) is 73.8 Å². The summed E-state index contributed by atoms with van der Waals surface area (Å²) in [6, 6.07) is 13.6. The maximum Gasteiger partial charge on any atom is 0.416 e. The highest BCUT2D eigenvalue weighted by Crippen LogP contribution is 2.39. The predicted octanol–water partition coefficient (Wildman–Crippen LogP) is 5.29. The second-order valence-corrected chi connectivity index (χ2v) is 12.8. The van der Waals surface area contributed by atoms with Crippen molar-refractivity contribution >= 4 is 21.6 Å². The molecule has 1 saturated heterocycles. The first-order valence-corrected chi connectivity index (χ1v) is 15.2. The third-order valence-corrected chi connectivity index (χ3v) is 10.1. The van der Waals surface area contributed by atoms with Crippen LogP contribution in [0.1, 0.15) is 57.9 Å². The zero-order valence-electron chi connectivity index (χ0n) is 23.0. The zero-order chi connectivity index (χ0) is 29.4. The standard InChI is InChI=1S/C30H33F3N4O3S/c1-35(24-13-17-37(18-14-24)25-11-15-34-16-12-25)29(38)22-8-7-21-9-10-28(26(21)19-22)36(2)41(39,40)20-23-5-3-4-6-27(23)30(31,32)33/h3-8,11-12,15-16,19,24,28H,9-10,13-14,17-18,20H2,1-2H3. The van der Waals surface area contributed by atoms with Crippen LogP contribution >= 0.6 is 0 Å². The van der Waals surface area contributed by atoms with Crippen LogP contribution in [0.15, 0.2) is 67.0 Å². The van der Waals surface area contributed by atoms with Crippen LogP contribution in [0.4, 0.5) is 18.9 Å². The zero-order valence-corrected chi connectivity index (χ0v) is 23.8. The summed E-state index contributed by atoms with van der Waals surface area (Å²) in [5.41, 5.74) is 2.02.